The fourth-order valence-electron chi connectivity index (χ4n) is 3.19. The van der Waals surface area contributed by atoms with Crippen molar-refractivity contribution in [3.8, 4) is 0 Å². The van der Waals surface area contributed by atoms with Gasteiger partial charge in [0, 0.05) is 18.6 Å². The van der Waals surface area contributed by atoms with Crippen LogP contribution in [-0.2, 0) is 6.42 Å². The number of nitrogens with zero attached hydrogens (tertiary/aromatic N) is 1. The van der Waals surface area contributed by atoms with Gasteiger partial charge in [-0.1, -0.05) is 30.3 Å². The van der Waals surface area contributed by atoms with E-state index in [0.717, 1.165) is 12.1 Å². The zero-order valence-corrected chi connectivity index (χ0v) is 11.9. The van der Waals surface area contributed by atoms with Gasteiger partial charge in [-0.25, -0.2) is 0 Å². The van der Waals surface area contributed by atoms with Gasteiger partial charge in [-0.05, 0) is 57.2 Å². The minimum absolute atomic E-state index is 0.761. The van der Waals surface area contributed by atoms with Crippen LogP contribution in [0.1, 0.15) is 37.7 Å². The van der Waals surface area contributed by atoms with Gasteiger partial charge < -0.3 is 5.32 Å². The molecule has 1 atom stereocenters. The monoisotopic (exact) mass is 258 g/mol. The topological polar surface area (TPSA) is 15.3 Å². The van der Waals surface area contributed by atoms with Crippen molar-refractivity contribution in [3.63, 3.8) is 0 Å². The molecule has 0 spiro atoms. The molecule has 1 aliphatic heterocycles. The van der Waals surface area contributed by atoms with Gasteiger partial charge in [-0.2, -0.15) is 0 Å². The predicted molar refractivity (Wildman–Crippen MR) is 80.4 cm³/mol. The number of hydrogen-bond acceptors (Lipinski definition) is 2. The van der Waals surface area contributed by atoms with Gasteiger partial charge in [0.25, 0.3) is 0 Å². The fourth-order valence-corrected chi connectivity index (χ4v) is 3.19. The van der Waals surface area contributed by atoms with Crippen LogP contribution in [0.3, 0.4) is 0 Å². The van der Waals surface area contributed by atoms with Gasteiger partial charge in [0.2, 0.25) is 0 Å². The highest BCUT2D eigenvalue weighted by molar-refractivity contribution is 5.14. The van der Waals surface area contributed by atoms with E-state index >= 15 is 0 Å². The maximum Gasteiger partial charge on any atom is 0.0195 e. The number of benzene rings is 1. The summed E-state index contributed by atoms with van der Waals surface area (Å²) in [6, 6.07) is 12.6. The van der Waals surface area contributed by atoms with Crippen LogP contribution in [0.2, 0.25) is 0 Å². The summed E-state index contributed by atoms with van der Waals surface area (Å²) in [5.74, 6) is 0. The van der Waals surface area contributed by atoms with Crippen LogP contribution < -0.4 is 5.32 Å². The van der Waals surface area contributed by atoms with E-state index in [2.05, 4.69) is 40.5 Å². The zero-order valence-electron chi connectivity index (χ0n) is 11.9. The first-order valence-electron chi connectivity index (χ1n) is 7.93. The van der Waals surface area contributed by atoms with Crippen molar-refractivity contribution in [2.45, 2.75) is 50.6 Å². The molecule has 19 heavy (non-hydrogen) atoms. The van der Waals surface area contributed by atoms with E-state index in [0.29, 0.717) is 0 Å². The van der Waals surface area contributed by atoms with Crippen molar-refractivity contribution >= 4 is 0 Å². The van der Waals surface area contributed by atoms with E-state index in [9.17, 15) is 0 Å². The lowest BCUT2D eigenvalue weighted by atomic mass is 10.1. The maximum absolute atomic E-state index is 3.64. The van der Waals surface area contributed by atoms with E-state index in [4.69, 9.17) is 0 Å². The maximum atomic E-state index is 3.64. The largest absolute Gasteiger partial charge is 0.313 e. The molecule has 0 aromatic heterocycles. The third-order valence-electron chi connectivity index (χ3n) is 4.43. The van der Waals surface area contributed by atoms with E-state index in [-0.39, 0.29) is 0 Å². The van der Waals surface area contributed by atoms with Gasteiger partial charge in [-0.15, -0.1) is 0 Å². The Morgan fingerprint density at radius 1 is 1.11 bits per heavy atom. The molecule has 104 valence electrons. The molecule has 1 unspecified atom stereocenters. The average molecular weight is 258 g/mol. The molecule has 1 heterocycles. The fraction of sp³-hybridized carbons (Fsp3) is 0.647. The smallest absolute Gasteiger partial charge is 0.0195 e. The minimum Gasteiger partial charge on any atom is -0.313 e. The normalized spacial score (nSPS) is 23.1. The van der Waals surface area contributed by atoms with E-state index < -0.39 is 0 Å². The molecule has 2 heteroatoms. The molecule has 0 amide bonds. The summed E-state index contributed by atoms with van der Waals surface area (Å²) in [6.45, 7) is 3.78. The molecule has 2 nitrogen and oxygen atoms in total. The van der Waals surface area contributed by atoms with Crippen molar-refractivity contribution in [3.05, 3.63) is 35.9 Å². The summed E-state index contributed by atoms with van der Waals surface area (Å²) in [6.07, 6.45) is 8.13. The molecule has 1 saturated carbocycles. The average Bonchev–Trinajstić information content (AvgIpc) is 3.17. The highest BCUT2D eigenvalue weighted by atomic mass is 15.2. The van der Waals surface area contributed by atoms with Crippen molar-refractivity contribution in [2.24, 2.45) is 0 Å². The number of nitrogens with one attached hydrogen (secondary N) is 1. The second kappa shape index (κ2) is 6.53. The van der Waals surface area contributed by atoms with Crippen molar-refractivity contribution in [1.82, 2.24) is 10.2 Å². The molecule has 2 fully saturated rings. The molecule has 3 rings (SSSR count). The van der Waals surface area contributed by atoms with Crippen molar-refractivity contribution < 1.29 is 0 Å². The third kappa shape index (κ3) is 4.05. The Bertz CT molecular complexity index is 366. The second-order valence-electron chi connectivity index (χ2n) is 6.11. The van der Waals surface area contributed by atoms with Crippen molar-refractivity contribution in [1.29, 1.82) is 0 Å². The molecule has 1 aliphatic carbocycles. The summed E-state index contributed by atoms with van der Waals surface area (Å²) in [4.78, 5) is 2.74. The summed E-state index contributed by atoms with van der Waals surface area (Å²) < 4.78 is 0. The van der Waals surface area contributed by atoms with Crippen LogP contribution in [0.4, 0.5) is 0 Å². The molecule has 1 aromatic rings. The molecule has 1 N–H and O–H groups in total. The van der Waals surface area contributed by atoms with Crippen LogP contribution in [0.15, 0.2) is 30.3 Å². The van der Waals surface area contributed by atoms with E-state index in [1.807, 2.05) is 0 Å². The van der Waals surface area contributed by atoms with Gasteiger partial charge in [0.15, 0.2) is 0 Å². The highest BCUT2D eigenvalue weighted by Crippen LogP contribution is 2.28. The first-order valence-corrected chi connectivity index (χ1v) is 7.93. The molecule has 1 aromatic carbocycles. The van der Waals surface area contributed by atoms with Gasteiger partial charge in [0.1, 0.15) is 0 Å². The first kappa shape index (κ1) is 13.1. The van der Waals surface area contributed by atoms with Gasteiger partial charge in [-0.3, -0.25) is 4.90 Å². The summed E-state index contributed by atoms with van der Waals surface area (Å²) in [7, 11) is 0. The minimum atomic E-state index is 0.761. The second-order valence-corrected chi connectivity index (χ2v) is 6.11. The summed E-state index contributed by atoms with van der Waals surface area (Å²) in [5.41, 5.74) is 1.48. The summed E-state index contributed by atoms with van der Waals surface area (Å²) >= 11 is 0. The Morgan fingerprint density at radius 2 is 1.95 bits per heavy atom. The Balaban J connectivity index is 1.43. The van der Waals surface area contributed by atoms with Crippen molar-refractivity contribution in [2.75, 3.05) is 19.6 Å². The third-order valence-corrected chi connectivity index (χ3v) is 4.43. The lowest BCUT2D eigenvalue weighted by molar-refractivity contribution is 0.237. The number of aryl methyl sites for hydroxylation is 1. The number of hydrogen-bond donors (Lipinski definition) is 1. The lowest BCUT2D eigenvalue weighted by Gasteiger charge is -2.25. The van der Waals surface area contributed by atoms with Gasteiger partial charge >= 0.3 is 0 Å². The van der Waals surface area contributed by atoms with Gasteiger partial charge in [0.05, 0.1) is 0 Å². The van der Waals surface area contributed by atoms with E-state index in [1.54, 1.807) is 0 Å². The SMILES string of the molecule is c1ccc(CCCN(CC2CCCN2)C2CC2)cc1. The number of rotatable bonds is 7. The highest BCUT2D eigenvalue weighted by Gasteiger charge is 2.30. The van der Waals surface area contributed by atoms with Crippen LogP contribution in [0.5, 0.6) is 0 Å². The Kier molecular flexibility index (Phi) is 4.52. The molecule has 0 radical (unpaired) electrons. The quantitative estimate of drug-likeness (QED) is 0.809. The molecular weight excluding hydrogens is 232 g/mol. The Hall–Kier alpha value is -0.860. The Labute approximate surface area is 117 Å². The predicted octanol–water partition coefficient (Wildman–Crippen LogP) is 2.84. The lowest BCUT2D eigenvalue weighted by Crippen LogP contribution is -2.39. The standard InChI is InChI=1S/C17H26N2/c1-2-6-15(7-3-1)8-5-13-19(17-10-11-17)14-16-9-4-12-18-16/h1-3,6-7,16-18H,4-5,8-14H2. The van der Waals surface area contributed by atoms with Crippen LogP contribution >= 0.6 is 0 Å². The molecule has 0 bridgehead atoms. The van der Waals surface area contributed by atoms with E-state index in [1.165, 1.54) is 63.7 Å². The Morgan fingerprint density at radius 3 is 2.63 bits per heavy atom. The first-order chi connectivity index (χ1) is 9.42. The molecule has 1 saturated heterocycles. The van der Waals surface area contributed by atoms with Crippen LogP contribution in [0, 0.1) is 0 Å². The zero-order chi connectivity index (χ0) is 12.9. The van der Waals surface area contributed by atoms with Crippen LogP contribution in [0.25, 0.3) is 0 Å². The molecular formula is C17H26N2. The molecule has 2 aliphatic rings. The summed E-state index contributed by atoms with van der Waals surface area (Å²) in [5, 5.41) is 3.64. The van der Waals surface area contributed by atoms with Crippen LogP contribution in [-0.4, -0.2) is 36.6 Å².